The maximum Gasteiger partial charge on any atom is 0.239 e. The average Bonchev–Trinajstić information content (AvgIpc) is 2.60. The third-order valence-corrected chi connectivity index (χ3v) is 4.00. The van der Waals surface area contributed by atoms with E-state index in [1.807, 2.05) is 12.1 Å². The van der Waals surface area contributed by atoms with Gasteiger partial charge in [-0.15, -0.1) is 24.8 Å². The highest BCUT2D eigenvalue weighted by atomic mass is 35.5. The summed E-state index contributed by atoms with van der Waals surface area (Å²) in [6.45, 7) is 3.69. The molecule has 6 nitrogen and oxygen atoms in total. The van der Waals surface area contributed by atoms with Crippen LogP contribution in [0, 0.1) is 0 Å². The summed E-state index contributed by atoms with van der Waals surface area (Å²) in [5.74, 6) is -0.550. The van der Waals surface area contributed by atoms with E-state index in [0.29, 0.717) is 6.54 Å². The van der Waals surface area contributed by atoms with Gasteiger partial charge in [-0.3, -0.25) is 14.5 Å². The molecule has 0 aromatic heterocycles. The van der Waals surface area contributed by atoms with Gasteiger partial charge in [-0.05, 0) is 37.1 Å². The van der Waals surface area contributed by atoms with Crippen molar-refractivity contribution in [3.63, 3.8) is 0 Å². The molecule has 1 aliphatic rings. The lowest BCUT2D eigenvalue weighted by molar-refractivity contribution is -0.125. The van der Waals surface area contributed by atoms with E-state index in [0.717, 1.165) is 12.1 Å². The number of halogens is 2. The van der Waals surface area contributed by atoms with Gasteiger partial charge in [-0.1, -0.05) is 30.7 Å². The predicted octanol–water partition coefficient (Wildman–Crippen LogP) is 1.21. The zero-order chi connectivity index (χ0) is 16.5. The molecule has 2 rings (SSSR count). The van der Waals surface area contributed by atoms with E-state index in [9.17, 15) is 9.59 Å². The minimum atomic E-state index is -0.331. The van der Waals surface area contributed by atoms with Crippen LogP contribution < -0.4 is 16.4 Å². The number of benzene rings is 1. The van der Waals surface area contributed by atoms with Crippen LogP contribution in [0.1, 0.15) is 30.4 Å². The molecule has 2 amide bonds. The maximum absolute atomic E-state index is 11.6. The third kappa shape index (κ3) is 9.07. The Hall–Kier alpha value is -1.34. The van der Waals surface area contributed by atoms with Crippen molar-refractivity contribution in [3.05, 3.63) is 35.4 Å². The van der Waals surface area contributed by atoms with E-state index in [-0.39, 0.29) is 49.7 Å². The molecule has 0 unspecified atom stereocenters. The number of nitrogens with zero attached hydrogens (tertiary/aromatic N) is 1. The predicted molar refractivity (Wildman–Crippen MR) is 104 cm³/mol. The van der Waals surface area contributed by atoms with Crippen LogP contribution in [0.5, 0.6) is 0 Å². The van der Waals surface area contributed by atoms with Crippen LogP contribution in [0.15, 0.2) is 24.3 Å². The Morgan fingerprint density at radius 3 is 2.12 bits per heavy atom. The lowest BCUT2D eigenvalue weighted by atomic mass is 10.1. The quantitative estimate of drug-likeness (QED) is 0.652. The molecule has 0 radical (unpaired) electrons. The molecular weight excluding hydrogens is 363 g/mol. The number of nitrogens with one attached hydrogen (secondary N) is 2. The Morgan fingerprint density at radius 1 is 0.920 bits per heavy atom. The summed E-state index contributed by atoms with van der Waals surface area (Å²) in [7, 11) is 0. The molecule has 1 aliphatic heterocycles. The Morgan fingerprint density at radius 2 is 1.52 bits per heavy atom. The second kappa shape index (κ2) is 12.9. The van der Waals surface area contributed by atoms with E-state index in [2.05, 4.69) is 27.7 Å². The highest BCUT2D eigenvalue weighted by molar-refractivity contribution is 5.86. The molecule has 142 valence electrons. The van der Waals surface area contributed by atoms with Crippen LogP contribution in [-0.4, -0.2) is 42.9 Å². The zero-order valence-corrected chi connectivity index (χ0v) is 16.0. The fourth-order valence-electron chi connectivity index (χ4n) is 2.65. The number of amides is 2. The molecule has 4 N–H and O–H groups in total. The van der Waals surface area contributed by atoms with Gasteiger partial charge in [0, 0.05) is 13.1 Å². The lowest BCUT2D eigenvalue weighted by Crippen LogP contribution is -2.39. The largest absolute Gasteiger partial charge is 0.350 e. The van der Waals surface area contributed by atoms with Crippen LogP contribution in [0.2, 0.25) is 0 Å². The second-order valence-corrected chi connectivity index (χ2v) is 5.91. The van der Waals surface area contributed by atoms with Crippen LogP contribution in [0.25, 0.3) is 0 Å². The number of likely N-dealkylation sites (tertiary alicyclic amines) is 1. The molecule has 25 heavy (non-hydrogen) atoms. The first-order valence-corrected chi connectivity index (χ1v) is 8.21. The number of rotatable bonds is 7. The van der Waals surface area contributed by atoms with Gasteiger partial charge in [0.05, 0.1) is 13.1 Å². The fourth-order valence-corrected chi connectivity index (χ4v) is 2.65. The highest BCUT2D eigenvalue weighted by Gasteiger charge is 2.10. The van der Waals surface area contributed by atoms with Crippen molar-refractivity contribution in [3.8, 4) is 0 Å². The van der Waals surface area contributed by atoms with Crippen LogP contribution in [-0.2, 0) is 22.7 Å². The van der Waals surface area contributed by atoms with Crippen molar-refractivity contribution in [2.75, 3.05) is 26.2 Å². The third-order valence-electron chi connectivity index (χ3n) is 4.00. The van der Waals surface area contributed by atoms with Crippen molar-refractivity contribution >= 4 is 36.6 Å². The van der Waals surface area contributed by atoms with Crippen LogP contribution >= 0.6 is 24.8 Å². The van der Waals surface area contributed by atoms with Gasteiger partial charge in [0.1, 0.15) is 0 Å². The summed E-state index contributed by atoms with van der Waals surface area (Å²) in [4.78, 5) is 25.1. The molecule has 1 fully saturated rings. The Kier molecular flexibility index (Phi) is 12.2. The number of carbonyl (C=O) groups excluding carboxylic acids is 2. The molecule has 1 aromatic rings. The van der Waals surface area contributed by atoms with Crippen LogP contribution in [0.3, 0.4) is 0 Å². The molecule has 0 bridgehead atoms. The molecule has 0 spiro atoms. The van der Waals surface area contributed by atoms with Crippen molar-refractivity contribution < 1.29 is 9.59 Å². The smallest absolute Gasteiger partial charge is 0.239 e. The van der Waals surface area contributed by atoms with Gasteiger partial charge in [-0.2, -0.15) is 0 Å². The number of nitrogens with two attached hydrogens (primary N) is 1. The summed E-state index contributed by atoms with van der Waals surface area (Å²) in [5, 5.41) is 5.22. The first kappa shape index (κ1) is 23.7. The number of piperidine rings is 1. The van der Waals surface area contributed by atoms with Gasteiger partial charge in [0.15, 0.2) is 0 Å². The van der Waals surface area contributed by atoms with E-state index < -0.39 is 0 Å². The molecule has 1 saturated heterocycles. The van der Waals surface area contributed by atoms with Crippen molar-refractivity contribution in [2.24, 2.45) is 5.73 Å². The SMILES string of the molecule is Cl.Cl.NCC(=O)NCC(=O)NCc1ccc(CN2CCCCC2)cc1. The van der Waals surface area contributed by atoms with E-state index in [1.165, 1.54) is 37.9 Å². The van der Waals surface area contributed by atoms with Gasteiger partial charge < -0.3 is 16.4 Å². The lowest BCUT2D eigenvalue weighted by Gasteiger charge is -2.26. The molecule has 1 aromatic carbocycles. The summed E-state index contributed by atoms with van der Waals surface area (Å²) in [6.07, 6.45) is 3.94. The van der Waals surface area contributed by atoms with Gasteiger partial charge in [-0.25, -0.2) is 0 Å². The standard InChI is InChI=1S/C17H26N4O2.2ClH/c18-10-16(22)20-12-17(23)19-11-14-4-6-15(7-5-14)13-21-8-2-1-3-9-21;;/h4-7H,1-3,8-13,18H2,(H,19,23)(H,20,22);2*1H. The van der Waals surface area contributed by atoms with Crippen LogP contribution in [0.4, 0.5) is 0 Å². The molecule has 0 aliphatic carbocycles. The Bertz CT molecular complexity index is 520. The monoisotopic (exact) mass is 390 g/mol. The van der Waals surface area contributed by atoms with E-state index >= 15 is 0 Å². The number of carbonyl (C=O) groups is 2. The summed E-state index contributed by atoms with van der Waals surface area (Å²) in [5.41, 5.74) is 7.51. The summed E-state index contributed by atoms with van der Waals surface area (Å²) < 4.78 is 0. The average molecular weight is 391 g/mol. The summed E-state index contributed by atoms with van der Waals surface area (Å²) >= 11 is 0. The van der Waals surface area contributed by atoms with Crippen molar-refractivity contribution in [1.29, 1.82) is 0 Å². The first-order chi connectivity index (χ1) is 11.2. The minimum Gasteiger partial charge on any atom is -0.350 e. The number of hydrogen-bond acceptors (Lipinski definition) is 4. The zero-order valence-electron chi connectivity index (χ0n) is 14.3. The maximum atomic E-state index is 11.6. The number of hydrogen-bond donors (Lipinski definition) is 3. The van der Waals surface area contributed by atoms with Gasteiger partial charge in [0.25, 0.3) is 0 Å². The van der Waals surface area contributed by atoms with E-state index in [1.54, 1.807) is 0 Å². The molecular formula is C17H28Cl2N4O2. The second-order valence-electron chi connectivity index (χ2n) is 5.91. The normalized spacial score (nSPS) is 14.0. The van der Waals surface area contributed by atoms with E-state index in [4.69, 9.17) is 5.73 Å². The summed E-state index contributed by atoms with van der Waals surface area (Å²) in [6, 6.07) is 8.31. The van der Waals surface area contributed by atoms with Gasteiger partial charge >= 0.3 is 0 Å². The molecule has 8 heteroatoms. The minimum absolute atomic E-state index is 0. The fraction of sp³-hybridized carbons (Fsp3) is 0.529. The van der Waals surface area contributed by atoms with Crippen molar-refractivity contribution in [2.45, 2.75) is 32.4 Å². The molecule has 1 heterocycles. The molecule has 0 atom stereocenters. The molecule has 0 saturated carbocycles. The Labute approximate surface area is 161 Å². The van der Waals surface area contributed by atoms with Gasteiger partial charge in [0.2, 0.25) is 11.8 Å². The Balaban J connectivity index is 0.00000288. The first-order valence-electron chi connectivity index (χ1n) is 8.21. The topological polar surface area (TPSA) is 87.5 Å². The van der Waals surface area contributed by atoms with Crippen molar-refractivity contribution in [1.82, 2.24) is 15.5 Å². The highest BCUT2D eigenvalue weighted by Crippen LogP contribution is 2.13.